The van der Waals surface area contributed by atoms with Crippen molar-refractivity contribution < 1.29 is 9.53 Å². The zero-order valence-electron chi connectivity index (χ0n) is 11.2. The summed E-state index contributed by atoms with van der Waals surface area (Å²) in [5.41, 5.74) is 0. The van der Waals surface area contributed by atoms with Crippen molar-refractivity contribution in [1.82, 2.24) is 0 Å². The van der Waals surface area contributed by atoms with Gasteiger partial charge in [-0.3, -0.25) is 4.79 Å². The van der Waals surface area contributed by atoms with Crippen LogP contribution >= 0.6 is 0 Å². The highest BCUT2D eigenvalue weighted by Crippen LogP contribution is 2.52. The van der Waals surface area contributed by atoms with E-state index in [1.165, 1.54) is 19.3 Å². The first-order chi connectivity index (χ1) is 7.84. The van der Waals surface area contributed by atoms with Crippen molar-refractivity contribution in [2.24, 2.45) is 17.8 Å². The van der Waals surface area contributed by atoms with Crippen LogP contribution in [0.4, 0.5) is 0 Å². The molecule has 2 heteroatoms. The van der Waals surface area contributed by atoms with E-state index in [4.69, 9.17) is 4.74 Å². The monoisotopic (exact) mass is 226 g/mol. The van der Waals surface area contributed by atoms with E-state index in [2.05, 4.69) is 0 Å². The van der Waals surface area contributed by atoms with Crippen molar-refractivity contribution in [3.05, 3.63) is 0 Å². The number of carbonyl (C=O) groups excluding carboxylic acids is 1. The van der Waals surface area contributed by atoms with Gasteiger partial charge in [0.25, 0.3) is 0 Å². The number of esters is 1. The Morgan fingerprint density at radius 1 is 1.00 bits per heavy atom. The Bertz CT molecular complexity index is 225. The fourth-order valence-electron chi connectivity index (χ4n) is 3.44. The third-order valence-electron chi connectivity index (χ3n) is 3.96. The minimum atomic E-state index is 0.0452. The van der Waals surface area contributed by atoms with Crippen LogP contribution in [0, 0.1) is 17.8 Å². The Morgan fingerprint density at radius 2 is 1.62 bits per heavy atom. The van der Waals surface area contributed by atoms with Crippen LogP contribution in [0.1, 0.15) is 59.8 Å². The molecular weight excluding hydrogens is 200 g/mol. The summed E-state index contributed by atoms with van der Waals surface area (Å²) in [6, 6.07) is 0. The number of fused-ring (bicyclic) bond motifs is 5. The maximum Gasteiger partial charge on any atom is 0.306 e. The van der Waals surface area contributed by atoms with Crippen molar-refractivity contribution >= 4 is 5.97 Å². The predicted molar refractivity (Wildman–Crippen MR) is 66.1 cm³/mol. The summed E-state index contributed by atoms with van der Waals surface area (Å²) in [5.74, 6) is 2.41. The Morgan fingerprint density at radius 3 is 2.31 bits per heavy atom. The Balaban J connectivity index is 0.000000291. The summed E-state index contributed by atoms with van der Waals surface area (Å²) in [4.78, 5) is 11.1. The number of hydrogen-bond donors (Lipinski definition) is 0. The highest BCUT2D eigenvalue weighted by molar-refractivity contribution is 5.70. The van der Waals surface area contributed by atoms with Crippen LogP contribution in [-0.4, -0.2) is 12.1 Å². The van der Waals surface area contributed by atoms with E-state index < -0.39 is 0 Å². The molecule has 0 amide bonds. The summed E-state index contributed by atoms with van der Waals surface area (Å²) >= 11 is 0. The highest BCUT2D eigenvalue weighted by atomic mass is 16.5. The average molecular weight is 226 g/mol. The fraction of sp³-hybridized carbons (Fsp3) is 0.929. The average Bonchev–Trinajstić information content (AvgIpc) is 2.95. The van der Waals surface area contributed by atoms with Crippen molar-refractivity contribution in [2.75, 3.05) is 0 Å². The highest BCUT2D eigenvalue weighted by Gasteiger charge is 2.51. The first kappa shape index (κ1) is 13.5. The molecule has 2 aliphatic carbocycles. The molecule has 2 bridgehead atoms. The Labute approximate surface area is 99.8 Å². The predicted octanol–water partition coefficient (Wildman–Crippen LogP) is 3.79. The van der Waals surface area contributed by atoms with Crippen LogP contribution in [0.25, 0.3) is 0 Å². The number of ether oxygens (including phenoxy) is 1. The van der Waals surface area contributed by atoms with Gasteiger partial charge in [-0.05, 0) is 43.4 Å². The van der Waals surface area contributed by atoms with Gasteiger partial charge in [0, 0.05) is 6.42 Å². The van der Waals surface area contributed by atoms with E-state index in [0.717, 1.165) is 24.2 Å². The molecule has 3 fully saturated rings. The van der Waals surface area contributed by atoms with E-state index in [-0.39, 0.29) is 5.97 Å². The van der Waals surface area contributed by atoms with Gasteiger partial charge in [0.1, 0.15) is 6.10 Å². The van der Waals surface area contributed by atoms with Gasteiger partial charge in [0.05, 0.1) is 0 Å². The van der Waals surface area contributed by atoms with Crippen LogP contribution in [0.3, 0.4) is 0 Å². The van der Waals surface area contributed by atoms with Crippen LogP contribution in [-0.2, 0) is 9.53 Å². The Hall–Kier alpha value is -0.530. The van der Waals surface area contributed by atoms with E-state index in [1.807, 2.05) is 27.7 Å². The minimum absolute atomic E-state index is 0.0452. The molecule has 1 heterocycles. The molecule has 0 aromatic rings. The van der Waals surface area contributed by atoms with E-state index in [0.29, 0.717) is 12.5 Å². The number of carbonyl (C=O) groups is 1. The second-order valence-corrected chi connectivity index (χ2v) is 4.49. The van der Waals surface area contributed by atoms with Crippen LogP contribution in [0.2, 0.25) is 0 Å². The van der Waals surface area contributed by atoms with E-state index >= 15 is 0 Å². The molecule has 16 heavy (non-hydrogen) atoms. The molecule has 94 valence electrons. The van der Waals surface area contributed by atoms with Gasteiger partial charge >= 0.3 is 5.97 Å². The van der Waals surface area contributed by atoms with Crippen LogP contribution < -0.4 is 0 Å². The summed E-state index contributed by atoms with van der Waals surface area (Å²) < 4.78 is 5.41. The maximum absolute atomic E-state index is 11.1. The van der Waals surface area contributed by atoms with Crippen molar-refractivity contribution in [3.8, 4) is 0 Å². The Kier molecular flexibility index (Phi) is 5.30. The quantitative estimate of drug-likeness (QED) is 0.587. The molecule has 0 spiro atoms. The zero-order chi connectivity index (χ0) is 12.1. The van der Waals surface area contributed by atoms with Crippen molar-refractivity contribution in [2.45, 2.75) is 65.9 Å². The molecule has 0 N–H and O–H groups in total. The molecule has 4 unspecified atom stereocenters. The standard InChI is InChI=1S/C10H14O2.2C2H6/c11-9-4-3-8-6-1-2-7(5-6)10(8)12-9;2*1-2/h6-8,10H,1-5H2;2*1-2H3. The van der Waals surface area contributed by atoms with Crippen molar-refractivity contribution in [3.63, 3.8) is 0 Å². The lowest BCUT2D eigenvalue weighted by molar-refractivity contribution is -0.161. The van der Waals surface area contributed by atoms with Gasteiger partial charge in [0.15, 0.2) is 0 Å². The van der Waals surface area contributed by atoms with E-state index in [9.17, 15) is 4.79 Å². The van der Waals surface area contributed by atoms with Crippen LogP contribution in [0.15, 0.2) is 0 Å². The summed E-state index contributed by atoms with van der Waals surface area (Å²) in [6.45, 7) is 8.00. The third-order valence-corrected chi connectivity index (χ3v) is 3.96. The maximum atomic E-state index is 11.1. The molecule has 2 saturated carbocycles. The summed E-state index contributed by atoms with van der Waals surface area (Å²) in [6.07, 6.45) is 6.13. The van der Waals surface area contributed by atoms with Gasteiger partial charge in [-0.2, -0.15) is 0 Å². The zero-order valence-corrected chi connectivity index (χ0v) is 11.2. The molecule has 0 radical (unpaired) electrons. The number of rotatable bonds is 0. The first-order valence-corrected chi connectivity index (χ1v) is 7.04. The third kappa shape index (κ3) is 2.41. The summed E-state index contributed by atoms with van der Waals surface area (Å²) in [7, 11) is 0. The van der Waals surface area contributed by atoms with Gasteiger partial charge < -0.3 is 4.74 Å². The molecule has 1 saturated heterocycles. The topological polar surface area (TPSA) is 26.3 Å². The second-order valence-electron chi connectivity index (χ2n) is 4.49. The number of hydrogen-bond acceptors (Lipinski definition) is 2. The SMILES string of the molecule is CC.CC.O=C1CCC2C3CCC(C3)C2O1. The lowest BCUT2D eigenvalue weighted by Gasteiger charge is -2.34. The van der Waals surface area contributed by atoms with Crippen molar-refractivity contribution in [1.29, 1.82) is 0 Å². The molecule has 4 atom stereocenters. The minimum Gasteiger partial charge on any atom is -0.462 e. The smallest absolute Gasteiger partial charge is 0.306 e. The normalized spacial score (nSPS) is 38.6. The van der Waals surface area contributed by atoms with Gasteiger partial charge in [-0.15, -0.1) is 0 Å². The second kappa shape index (κ2) is 6.27. The first-order valence-electron chi connectivity index (χ1n) is 7.04. The lowest BCUT2D eigenvalue weighted by atomic mass is 9.82. The van der Waals surface area contributed by atoms with Gasteiger partial charge in [0.2, 0.25) is 0 Å². The molecule has 1 aliphatic heterocycles. The van der Waals surface area contributed by atoms with Gasteiger partial charge in [-0.1, -0.05) is 27.7 Å². The fourth-order valence-corrected chi connectivity index (χ4v) is 3.44. The van der Waals surface area contributed by atoms with Crippen LogP contribution in [0.5, 0.6) is 0 Å². The largest absolute Gasteiger partial charge is 0.462 e. The molecule has 3 aliphatic rings. The molecule has 2 nitrogen and oxygen atoms in total. The van der Waals surface area contributed by atoms with E-state index in [1.54, 1.807) is 0 Å². The molecule has 3 rings (SSSR count). The lowest BCUT2D eigenvalue weighted by Crippen LogP contribution is -2.36. The molecular formula is C14H26O2. The molecule has 0 aromatic carbocycles. The summed E-state index contributed by atoms with van der Waals surface area (Å²) in [5, 5.41) is 0. The van der Waals surface area contributed by atoms with Gasteiger partial charge in [-0.25, -0.2) is 0 Å². The molecule has 0 aromatic heterocycles.